The van der Waals surface area contributed by atoms with Gasteiger partial charge in [0.2, 0.25) is 0 Å². The Morgan fingerprint density at radius 3 is 2.93 bits per heavy atom. The first kappa shape index (κ1) is 11.6. The van der Waals surface area contributed by atoms with E-state index >= 15 is 0 Å². The van der Waals surface area contributed by atoms with Gasteiger partial charge >= 0.3 is 17.9 Å². The number of nitrogens with one attached hydrogen (secondary N) is 2. The van der Waals surface area contributed by atoms with Crippen LogP contribution < -0.4 is 10.6 Å². The molecule has 84 valence electrons. The fraction of sp³-hybridized carbons (Fsp3) is 0.625. The van der Waals surface area contributed by atoms with Gasteiger partial charge in [0.15, 0.2) is 0 Å². The van der Waals surface area contributed by atoms with Gasteiger partial charge in [-0.3, -0.25) is 14.9 Å². The Bertz CT molecular complexity index is 278. The molecule has 0 aromatic rings. The zero-order valence-corrected chi connectivity index (χ0v) is 7.99. The largest absolute Gasteiger partial charge is 0.480 e. The number of carboxylic acid groups (broad SMARTS) is 1. The number of carboxylic acids is 1. The van der Waals surface area contributed by atoms with Gasteiger partial charge in [-0.1, -0.05) is 0 Å². The van der Waals surface area contributed by atoms with Gasteiger partial charge < -0.3 is 15.2 Å². The second kappa shape index (κ2) is 5.42. The molecule has 0 spiro atoms. The lowest BCUT2D eigenvalue weighted by Gasteiger charge is -2.20. The Morgan fingerprint density at radius 2 is 2.33 bits per heavy atom. The van der Waals surface area contributed by atoms with Gasteiger partial charge in [-0.2, -0.15) is 0 Å². The van der Waals surface area contributed by atoms with Crippen molar-refractivity contribution in [2.45, 2.75) is 12.5 Å². The molecule has 0 saturated carbocycles. The number of morpholine rings is 1. The highest BCUT2D eigenvalue weighted by Crippen LogP contribution is 2.00. The summed E-state index contributed by atoms with van der Waals surface area (Å²) in [5.41, 5.74) is 0. The van der Waals surface area contributed by atoms with E-state index in [1.165, 1.54) is 0 Å². The fourth-order valence-electron chi connectivity index (χ4n) is 1.17. The van der Waals surface area contributed by atoms with Crippen molar-refractivity contribution in [3.05, 3.63) is 0 Å². The average Bonchev–Trinajstić information content (AvgIpc) is 2.14. The molecular weight excluding hydrogens is 204 g/mol. The monoisotopic (exact) mass is 216 g/mol. The third-order valence-electron chi connectivity index (χ3n) is 1.88. The van der Waals surface area contributed by atoms with Crippen molar-refractivity contribution in [2.24, 2.45) is 0 Å². The van der Waals surface area contributed by atoms with Crippen LogP contribution in [0.15, 0.2) is 0 Å². The van der Waals surface area contributed by atoms with Crippen LogP contribution in [-0.2, 0) is 19.1 Å². The molecule has 1 atom stereocenters. The van der Waals surface area contributed by atoms with Crippen LogP contribution in [-0.4, -0.2) is 48.7 Å². The topological polar surface area (TPSA) is 105 Å². The maximum absolute atomic E-state index is 11.1. The molecule has 0 bridgehead atoms. The predicted molar refractivity (Wildman–Crippen MR) is 48.0 cm³/mol. The highest BCUT2D eigenvalue weighted by atomic mass is 16.6. The van der Waals surface area contributed by atoms with Crippen LogP contribution in [0.1, 0.15) is 6.42 Å². The van der Waals surface area contributed by atoms with Crippen molar-refractivity contribution < 1.29 is 24.2 Å². The summed E-state index contributed by atoms with van der Waals surface area (Å²) in [6.45, 7) is 0.225. The number of hydrogen-bond acceptors (Lipinski definition) is 6. The van der Waals surface area contributed by atoms with Crippen LogP contribution in [0.4, 0.5) is 0 Å². The molecule has 0 amide bonds. The molecule has 1 aliphatic heterocycles. The molecule has 15 heavy (non-hydrogen) atoms. The number of cyclic esters (lactones) is 2. The number of carbonyl (C=O) groups is 3. The van der Waals surface area contributed by atoms with Gasteiger partial charge in [-0.25, -0.2) is 4.79 Å². The molecule has 0 aromatic carbocycles. The van der Waals surface area contributed by atoms with Crippen molar-refractivity contribution in [1.82, 2.24) is 10.6 Å². The van der Waals surface area contributed by atoms with Crippen molar-refractivity contribution in [1.29, 1.82) is 0 Å². The lowest BCUT2D eigenvalue weighted by molar-refractivity contribution is -0.164. The molecule has 0 aliphatic carbocycles. The number of carbonyl (C=O) groups excluding carboxylic acids is 2. The van der Waals surface area contributed by atoms with E-state index in [-0.39, 0.29) is 13.1 Å². The third-order valence-corrected chi connectivity index (χ3v) is 1.88. The maximum Gasteiger partial charge on any atom is 0.330 e. The summed E-state index contributed by atoms with van der Waals surface area (Å²) in [6, 6.07) is -0.538. The second-order valence-electron chi connectivity index (χ2n) is 3.09. The molecule has 7 heteroatoms. The first-order valence-corrected chi connectivity index (χ1v) is 4.50. The normalized spacial score (nSPS) is 21.2. The highest BCUT2D eigenvalue weighted by Gasteiger charge is 2.27. The molecule has 0 radical (unpaired) electrons. The van der Waals surface area contributed by atoms with E-state index in [9.17, 15) is 14.4 Å². The van der Waals surface area contributed by atoms with E-state index < -0.39 is 23.9 Å². The first-order valence-electron chi connectivity index (χ1n) is 4.50. The summed E-state index contributed by atoms with van der Waals surface area (Å²) < 4.78 is 4.39. The van der Waals surface area contributed by atoms with Crippen LogP contribution in [0.3, 0.4) is 0 Å². The van der Waals surface area contributed by atoms with Crippen LogP contribution in [0.5, 0.6) is 0 Å². The second-order valence-corrected chi connectivity index (χ2v) is 3.09. The summed E-state index contributed by atoms with van der Waals surface area (Å²) in [5, 5.41) is 13.6. The summed E-state index contributed by atoms with van der Waals surface area (Å²) >= 11 is 0. The van der Waals surface area contributed by atoms with Gasteiger partial charge in [0.25, 0.3) is 0 Å². The molecular formula is C8H12N2O5. The van der Waals surface area contributed by atoms with E-state index in [1.807, 2.05) is 0 Å². The standard InChI is InChI=1S/C8H12N2O5/c11-6(12)3-9-2-1-5-8(14)15-7(13)4-10-5/h5,9-10H,1-4H2,(H,11,12). The number of rotatable bonds is 5. The van der Waals surface area contributed by atoms with Crippen molar-refractivity contribution in [2.75, 3.05) is 19.6 Å². The average molecular weight is 216 g/mol. The Labute approximate surface area is 85.8 Å². The number of aliphatic carboxylic acids is 1. The number of esters is 2. The minimum atomic E-state index is -0.954. The smallest absolute Gasteiger partial charge is 0.330 e. The molecule has 1 saturated heterocycles. The van der Waals surface area contributed by atoms with Crippen LogP contribution in [0, 0.1) is 0 Å². The molecule has 1 fully saturated rings. The minimum Gasteiger partial charge on any atom is -0.480 e. The van der Waals surface area contributed by atoms with E-state index in [2.05, 4.69) is 15.4 Å². The van der Waals surface area contributed by atoms with Crippen LogP contribution in [0.2, 0.25) is 0 Å². The first-order chi connectivity index (χ1) is 7.09. The molecule has 1 unspecified atom stereocenters. The molecule has 1 rings (SSSR count). The van der Waals surface area contributed by atoms with E-state index in [4.69, 9.17) is 5.11 Å². The maximum atomic E-state index is 11.1. The Balaban J connectivity index is 2.18. The van der Waals surface area contributed by atoms with E-state index in [1.54, 1.807) is 0 Å². The van der Waals surface area contributed by atoms with Gasteiger partial charge in [0, 0.05) is 0 Å². The fourth-order valence-corrected chi connectivity index (χ4v) is 1.17. The Hall–Kier alpha value is -1.47. The lowest BCUT2D eigenvalue weighted by atomic mass is 10.2. The molecule has 3 N–H and O–H groups in total. The number of hydrogen-bond donors (Lipinski definition) is 3. The molecule has 7 nitrogen and oxygen atoms in total. The highest BCUT2D eigenvalue weighted by molar-refractivity contribution is 5.92. The SMILES string of the molecule is O=C(O)CNCCC1NCC(=O)OC1=O. The van der Waals surface area contributed by atoms with Crippen LogP contribution >= 0.6 is 0 Å². The van der Waals surface area contributed by atoms with Crippen molar-refractivity contribution in [3.63, 3.8) is 0 Å². The summed E-state index contributed by atoms with van der Waals surface area (Å²) in [5.74, 6) is -2.15. The Morgan fingerprint density at radius 1 is 1.60 bits per heavy atom. The molecule has 1 aliphatic rings. The number of ether oxygens (including phenoxy) is 1. The zero-order chi connectivity index (χ0) is 11.3. The molecule has 0 aromatic heterocycles. The van der Waals surface area contributed by atoms with Gasteiger partial charge in [0.05, 0.1) is 13.1 Å². The molecule has 1 heterocycles. The van der Waals surface area contributed by atoms with Crippen LogP contribution in [0.25, 0.3) is 0 Å². The van der Waals surface area contributed by atoms with E-state index in [0.29, 0.717) is 13.0 Å². The summed E-state index contributed by atoms with van der Waals surface area (Å²) in [6.07, 6.45) is 0.388. The van der Waals surface area contributed by atoms with E-state index in [0.717, 1.165) is 0 Å². The van der Waals surface area contributed by atoms with Crippen molar-refractivity contribution in [3.8, 4) is 0 Å². The summed E-state index contributed by atoms with van der Waals surface area (Å²) in [7, 11) is 0. The van der Waals surface area contributed by atoms with Gasteiger partial charge in [0.1, 0.15) is 6.04 Å². The quantitative estimate of drug-likeness (QED) is 0.280. The van der Waals surface area contributed by atoms with Gasteiger partial charge in [-0.15, -0.1) is 0 Å². The predicted octanol–water partition coefficient (Wildman–Crippen LogP) is -1.91. The minimum absolute atomic E-state index is 0.00926. The van der Waals surface area contributed by atoms with Crippen molar-refractivity contribution >= 4 is 17.9 Å². The summed E-state index contributed by atoms with van der Waals surface area (Å²) in [4.78, 5) is 31.9. The third kappa shape index (κ3) is 4.05. The zero-order valence-electron chi connectivity index (χ0n) is 7.99. The Kier molecular flexibility index (Phi) is 4.19. The van der Waals surface area contributed by atoms with Gasteiger partial charge in [-0.05, 0) is 13.0 Å². The lowest BCUT2D eigenvalue weighted by Crippen LogP contribution is -2.49.